The number of aryl methyl sites for hydroxylation is 1. The fourth-order valence-corrected chi connectivity index (χ4v) is 3.34. The number of anilines is 2. The zero-order valence-corrected chi connectivity index (χ0v) is 15.7. The van der Waals surface area contributed by atoms with Crippen LogP contribution in [0, 0.1) is 13.8 Å². The van der Waals surface area contributed by atoms with E-state index in [1.54, 1.807) is 13.0 Å². The average molecular weight is 379 g/mol. The molecule has 0 bridgehead atoms. The molecule has 136 valence electrons. The van der Waals surface area contributed by atoms with Gasteiger partial charge in [-0.15, -0.1) is 10.2 Å². The smallest absolute Gasteiger partial charge is 0.339 e. The summed E-state index contributed by atoms with van der Waals surface area (Å²) < 4.78 is 11.2. The number of para-hydroxylation sites is 1. The van der Waals surface area contributed by atoms with Crippen LogP contribution < -0.4 is 15.7 Å². The highest BCUT2D eigenvalue weighted by atomic mass is 32.1. The lowest BCUT2D eigenvalue weighted by Gasteiger charge is -2.07. The minimum absolute atomic E-state index is 0.286. The molecule has 0 fully saturated rings. The Morgan fingerprint density at radius 3 is 2.70 bits per heavy atom. The van der Waals surface area contributed by atoms with Crippen molar-refractivity contribution < 1.29 is 9.15 Å². The Morgan fingerprint density at radius 1 is 1.07 bits per heavy atom. The fourth-order valence-electron chi connectivity index (χ4n) is 2.67. The van der Waals surface area contributed by atoms with Gasteiger partial charge >= 0.3 is 5.63 Å². The van der Waals surface area contributed by atoms with Crippen molar-refractivity contribution in [3.05, 3.63) is 75.1 Å². The summed E-state index contributed by atoms with van der Waals surface area (Å²) in [4.78, 5) is 11.9. The van der Waals surface area contributed by atoms with E-state index in [2.05, 4.69) is 15.5 Å². The standard InChI is InChI=1S/C20H17N3O3S/c1-12-13(2)19(24)26-17-10-15(8-9-16(12)17)25-11-18-22-23-20(27-18)21-14-6-4-3-5-7-14/h3-10H,11H2,1-2H3,(H,21,23). The minimum Gasteiger partial charge on any atom is -0.486 e. The van der Waals surface area contributed by atoms with Crippen LogP contribution in [0.3, 0.4) is 0 Å². The van der Waals surface area contributed by atoms with Crippen LogP contribution in [0.15, 0.2) is 57.7 Å². The predicted octanol–water partition coefficient (Wildman–Crippen LogP) is 4.58. The van der Waals surface area contributed by atoms with E-state index >= 15 is 0 Å². The van der Waals surface area contributed by atoms with Crippen molar-refractivity contribution in [2.24, 2.45) is 0 Å². The van der Waals surface area contributed by atoms with E-state index in [1.807, 2.05) is 49.4 Å². The second-order valence-corrected chi connectivity index (χ2v) is 7.14. The highest BCUT2D eigenvalue weighted by molar-refractivity contribution is 7.15. The van der Waals surface area contributed by atoms with Gasteiger partial charge in [-0.25, -0.2) is 4.79 Å². The summed E-state index contributed by atoms with van der Waals surface area (Å²) in [6, 6.07) is 15.3. The van der Waals surface area contributed by atoms with Crippen LogP contribution in [0.5, 0.6) is 5.75 Å². The molecule has 0 saturated carbocycles. The molecule has 0 amide bonds. The number of fused-ring (bicyclic) bond motifs is 1. The second-order valence-electron chi connectivity index (χ2n) is 6.08. The Kier molecular flexibility index (Phi) is 4.60. The summed E-state index contributed by atoms with van der Waals surface area (Å²) in [5.74, 6) is 0.613. The molecule has 1 N–H and O–H groups in total. The van der Waals surface area contributed by atoms with Crippen LogP contribution in [-0.2, 0) is 6.61 Å². The molecular formula is C20H17N3O3S. The lowest BCUT2D eigenvalue weighted by atomic mass is 10.1. The molecular weight excluding hydrogens is 362 g/mol. The van der Waals surface area contributed by atoms with Gasteiger partial charge in [-0.2, -0.15) is 0 Å². The van der Waals surface area contributed by atoms with Crippen molar-refractivity contribution in [1.82, 2.24) is 10.2 Å². The molecule has 2 aromatic carbocycles. The first-order valence-electron chi connectivity index (χ1n) is 8.41. The van der Waals surface area contributed by atoms with Crippen molar-refractivity contribution in [3.63, 3.8) is 0 Å². The fraction of sp³-hybridized carbons (Fsp3) is 0.150. The summed E-state index contributed by atoms with van der Waals surface area (Å²) in [5, 5.41) is 13.8. The molecule has 27 heavy (non-hydrogen) atoms. The Morgan fingerprint density at radius 2 is 1.89 bits per heavy atom. The monoisotopic (exact) mass is 379 g/mol. The van der Waals surface area contributed by atoms with E-state index in [-0.39, 0.29) is 12.2 Å². The van der Waals surface area contributed by atoms with Gasteiger partial charge < -0.3 is 14.5 Å². The first-order valence-corrected chi connectivity index (χ1v) is 9.23. The molecule has 0 aliphatic rings. The average Bonchev–Trinajstić information content (AvgIpc) is 3.12. The van der Waals surface area contributed by atoms with E-state index in [0.717, 1.165) is 21.6 Å². The maximum atomic E-state index is 11.9. The summed E-state index contributed by atoms with van der Waals surface area (Å²) in [5.41, 5.74) is 2.70. The van der Waals surface area contributed by atoms with Gasteiger partial charge in [0, 0.05) is 22.7 Å². The van der Waals surface area contributed by atoms with Gasteiger partial charge in [0.15, 0.2) is 5.01 Å². The first kappa shape index (κ1) is 17.2. The molecule has 0 unspecified atom stereocenters. The second kappa shape index (κ2) is 7.20. The van der Waals surface area contributed by atoms with E-state index < -0.39 is 0 Å². The maximum Gasteiger partial charge on any atom is 0.339 e. The third-order valence-corrected chi connectivity index (χ3v) is 5.09. The van der Waals surface area contributed by atoms with Gasteiger partial charge in [0.2, 0.25) is 5.13 Å². The normalized spacial score (nSPS) is 10.9. The third kappa shape index (κ3) is 3.68. The summed E-state index contributed by atoms with van der Waals surface area (Å²) in [6.07, 6.45) is 0. The molecule has 0 spiro atoms. The van der Waals surface area contributed by atoms with Crippen molar-refractivity contribution in [2.45, 2.75) is 20.5 Å². The number of nitrogens with one attached hydrogen (secondary N) is 1. The van der Waals surface area contributed by atoms with Gasteiger partial charge in [0.25, 0.3) is 0 Å². The summed E-state index contributed by atoms with van der Waals surface area (Å²) >= 11 is 1.43. The van der Waals surface area contributed by atoms with Crippen LogP contribution in [-0.4, -0.2) is 10.2 Å². The molecule has 0 aliphatic heterocycles. The number of aromatic nitrogens is 2. The molecule has 0 atom stereocenters. The highest BCUT2D eigenvalue weighted by Crippen LogP contribution is 2.25. The quantitative estimate of drug-likeness (QED) is 0.511. The van der Waals surface area contributed by atoms with Crippen molar-refractivity contribution in [2.75, 3.05) is 5.32 Å². The van der Waals surface area contributed by atoms with Crippen molar-refractivity contribution in [3.8, 4) is 5.75 Å². The lowest BCUT2D eigenvalue weighted by Crippen LogP contribution is -2.05. The molecule has 4 rings (SSSR count). The third-order valence-electron chi connectivity index (χ3n) is 4.28. The molecule has 6 nitrogen and oxygen atoms in total. The zero-order chi connectivity index (χ0) is 18.8. The Hall–Kier alpha value is -3.19. The largest absolute Gasteiger partial charge is 0.486 e. The Balaban J connectivity index is 1.47. The zero-order valence-electron chi connectivity index (χ0n) is 14.9. The number of rotatable bonds is 5. The van der Waals surface area contributed by atoms with Gasteiger partial charge in [0.1, 0.15) is 17.9 Å². The van der Waals surface area contributed by atoms with Crippen molar-refractivity contribution in [1.29, 1.82) is 0 Å². The lowest BCUT2D eigenvalue weighted by molar-refractivity contribution is 0.304. The molecule has 4 aromatic rings. The first-order chi connectivity index (χ1) is 13.1. The molecule has 0 aliphatic carbocycles. The van der Waals surface area contributed by atoms with Gasteiger partial charge in [-0.3, -0.25) is 0 Å². The Bertz CT molecular complexity index is 1150. The number of nitrogens with zero attached hydrogens (tertiary/aromatic N) is 2. The number of ether oxygens (including phenoxy) is 1. The molecule has 7 heteroatoms. The topological polar surface area (TPSA) is 77.2 Å². The number of hydrogen-bond acceptors (Lipinski definition) is 7. The van der Waals surface area contributed by atoms with Crippen molar-refractivity contribution >= 4 is 33.1 Å². The number of hydrogen-bond donors (Lipinski definition) is 1. The van der Waals surface area contributed by atoms with E-state index in [4.69, 9.17) is 9.15 Å². The molecule has 0 radical (unpaired) electrons. The highest BCUT2D eigenvalue weighted by Gasteiger charge is 2.10. The van der Waals surface area contributed by atoms with Crippen LogP contribution in [0.2, 0.25) is 0 Å². The SMILES string of the molecule is Cc1c(C)c2ccc(OCc3nnc(Nc4ccccc4)s3)cc2oc1=O. The van der Waals surface area contributed by atoms with Gasteiger partial charge in [0.05, 0.1) is 0 Å². The van der Waals surface area contributed by atoms with E-state index in [1.165, 1.54) is 11.3 Å². The van der Waals surface area contributed by atoms with Gasteiger partial charge in [-0.1, -0.05) is 29.5 Å². The van der Waals surface area contributed by atoms with Crippen LogP contribution in [0.25, 0.3) is 11.0 Å². The summed E-state index contributed by atoms with van der Waals surface area (Å²) in [6.45, 7) is 3.97. The predicted molar refractivity (Wildman–Crippen MR) is 106 cm³/mol. The maximum absolute atomic E-state index is 11.9. The van der Waals surface area contributed by atoms with E-state index in [0.29, 0.717) is 22.0 Å². The van der Waals surface area contributed by atoms with Crippen LogP contribution in [0.4, 0.5) is 10.8 Å². The Labute approximate surface area is 159 Å². The van der Waals surface area contributed by atoms with E-state index in [9.17, 15) is 4.79 Å². The van der Waals surface area contributed by atoms with Crippen LogP contribution in [0.1, 0.15) is 16.1 Å². The minimum atomic E-state index is -0.321. The van der Waals surface area contributed by atoms with Gasteiger partial charge in [-0.05, 0) is 43.7 Å². The molecule has 0 saturated heterocycles. The molecule has 2 heterocycles. The number of benzene rings is 2. The summed E-state index contributed by atoms with van der Waals surface area (Å²) in [7, 11) is 0. The van der Waals surface area contributed by atoms with Crippen LogP contribution >= 0.6 is 11.3 Å². The molecule has 2 aromatic heterocycles.